The van der Waals surface area contributed by atoms with Gasteiger partial charge in [0.1, 0.15) is 0 Å². The summed E-state index contributed by atoms with van der Waals surface area (Å²) in [6.07, 6.45) is 0.762. The zero-order valence-corrected chi connectivity index (χ0v) is 11.9. The first-order chi connectivity index (χ1) is 8.04. The van der Waals surface area contributed by atoms with E-state index in [4.69, 9.17) is 10.3 Å². The fraction of sp³-hybridized carbons (Fsp3) is 0.333. The van der Waals surface area contributed by atoms with Crippen LogP contribution in [0.5, 0.6) is 0 Å². The molecule has 1 atom stereocenters. The largest absolute Gasteiger partial charge is 0.334 e. The van der Waals surface area contributed by atoms with Gasteiger partial charge < -0.3 is 10.3 Å². The number of nitrogens with zero attached hydrogens (tertiary/aromatic N) is 2. The molecule has 17 heavy (non-hydrogen) atoms. The van der Waals surface area contributed by atoms with Gasteiger partial charge in [0.25, 0.3) is 5.89 Å². The third kappa shape index (κ3) is 2.50. The molecule has 2 aromatic rings. The van der Waals surface area contributed by atoms with Gasteiger partial charge in [0.15, 0.2) is 5.82 Å². The average molecular weight is 343 g/mol. The fourth-order valence-corrected chi connectivity index (χ4v) is 1.98. The maximum atomic E-state index is 6.08. The van der Waals surface area contributed by atoms with Crippen molar-refractivity contribution < 1.29 is 4.52 Å². The first-order valence-corrected chi connectivity index (χ1v) is 6.50. The molecular weight excluding hydrogens is 329 g/mol. The van der Waals surface area contributed by atoms with E-state index in [1.165, 1.54) is 0 Å². The number of nitrogens with two attached hydrogens (primary N) is 1. The highest BCUT2D eigenvalue weighted by molar-refractivity contribution is 14.1. The van der Waals surface area contributed by atoms with E-state index in [9.17, 15) is 0 Å². The second-order valence-corrected chi connectivity index (χ2v) is 5.34. The predicted molar refractivity (Wildman–Crippen MR) is 74.3 cm³/mol. The van der Waals surface area contributed by atoms with Crippen molar-refractivity contribution in [2.75, 3.05) is 0 Å². The van der Waals surface area contributed by atoms with Crippen LogP contribution in [0, 0.1) is 3.57 Å². The van der Waals surface area contributed by atoms with Gasteiger partial charge in [-0.05, 0) is 48.1 Å². The molecule has 1 heterocycles. The van der Waals surface area contributed by atoms with E-state index in [1.807, 2.05) is 38.1 Å². The van der Waals surface area contributed by atoms with Gasteiger partial charge >= 0.3 is 0 Å². The molecule has 0 aliphatic heterocycles. The molecular formula is C12H14IN3O. The summed E-state index contributed by atoms with van der Waals surface area (Å²) >= 11 is 2.24. The molecule has 2 rings (SSSR count). The lowest BCUT2D eigenvalue weighted by Crippen LogP contribution is -2.33. The summed E-state index contributed by atoms with van der Waals surface area (Å²) < 4.78 is 6.35. The standard InChI is InChI=1S/C12H14IN3O/c1-3-12(2,14)11-15-10(17-16-11)8-6-4-5-7-9(8)13/h4-7H,3,14H2,1-2H3. The minimum atomic E-state index is -0.540. The molecule has 4 nitrogen and oxygen atoms in total. The minimum Gasteiger partial charge on any atom is -0.334 e. The van der Waals surface area contributed by atoms with Crippen LogP contribution in [0.25, 0.3) is 11.5 Å². The summed E-state index contributed by atoms with van der Waals surface area (Å²) in [7, 11) is 0. The number of hydrogen-bond donors (Lipinski definition) is 1. The zero-order chi connectivity index (χ0) is 12.5. The van der Waals surface area contributed by atoms with E-state index >= 15 is 0 Å². The molecule has 0 saturated carbocycles. The minimum absolute atomic E-state index is 0.523. The first kappa shape index (κ1) is 12.5. The topological polar surface area (TPSA) is 64.9 Å². The smallest absolute Gasteiger partial charge is 0.259 e. The Bertz CT molecular complexity index is 522. The lowest BCUT2D eigenvalue weighted by molar-refractivity contribution is 0.379. The van der Waals surface area contributed by atoms with Crippen molar-refractivity contribution in [2.24, 2.45) is 5.73 Å². The quantitative estimate of drug-likeness (QED) is 0.871. The molecule has 1 unspecified atom stereocenters. The molecule has 0 aliphatic rings. The Labute approximate surface area is 114 Å². The predicted octanol–water partition coefficient (Wildman–Crippen LogP) is 2.93. The Kier molecular flexibility index (Phi) is 3.48. The monoisotopic (exact) mass is 343 g/mol. The van der Waals surface area contributed by atoms with E-state index in [1.54, 1.807) is 0 Å². The van der Waals surface area contributed by atoms with Gasteiger partial charge in [-0.2, -0.15) is 4.98 Å². The number of halogens is 1. The van der Waals surface area contributed by atoms with Crippen LogP contribution in [0.1, 0.15) is 26.1 Å². The Balaban J connectivity index is 2.40. The van der Waals surface area contributed by atoms with Gasteiger partial charge in [-0.3, -0.25) is 0 Å². The molecule has 0 aliphatic carbocycles. The van der Waals surface area contributed by atoms with E-state index in [2.05, 4.69) is 32.7 Å². The molecule has 0 radical (unpaired) electrons. The molecule has 90 valence electrons. The Morgan fingerprint density at radius 2 is 2.12 bits per heavy atom. The third-order valence-corrected chi connectivity index (χ3v) is 3.72. The van der Waals surface area contributed by atoms with Crippen LogP contribution in [-0.2, 0) is 5.54 Å². The van der Waals surface area contributed by atoms with Crippen molar-refractivity contribution in [3.05, 3.63) is 33.7 Å². The van der Waals surface area contributed by atoms with Crippen LogP contribution < -0.4 is 5.73 Å². The second kappa shape index (κ2) is 4.73. The number of rotatable bonds is 3. The zero-order valence-electron chi connectivity index (χ0n) is 9.77. The van der Waals surface area contributed by atoms with E-state index < -0.39 is 5.54 Å². The molecule has 0 bridgehead atoms. The van der Waals surface area contributed by atoms with Crippen LogP contribution in [0.3, 0.4) is 0 Å². The first-order valence-electron chi connectivity index (χ1n) is 5.42. The Hall–Kier alpha value is -0.950. The SMILES string of the molecule is CCC(C)(N)c1noc(-c2ccccc2I)n1. The molecule has 0 saturated heterocycles. The molecule has 0 fully saturated rings. The normalized spacial score (nSPS) is 14.6. The van der Waals surface area contributed by atoms with E-state index in [-0.39, 0.29) is 0 Å². The highest BCUT2D eigenvalue weighted by Gasteiger charge is 2.25. The van der Waals surface area contributed by atoms with Crippen LogP contribution >= 0.6 is 22.6 Å². The maximum Gasteiger partial charge on any atom is 0.259 e. The van der Waals surface area contributed by atoms with Gasteiger partial charge in [-0.15, -0.1) is 0 Å². The third-order valence-electron chi connectivity index (χ3n) is 2.78. The summed E-state index contributed by atoms with van der Waals surface area (Å²) in [5, 5.41) is 3.96. The molecule has 0 spiro atoms. The van der Waals surface area contributed by atoms with Crippen molar-refractivity contribution >= 4 is 22.6 Å². The number of benzene rings is 1. The van der Waals surface area contributed by atoms with Crippen molar-refractivity contribution in [3.63, 3.8) is 0 Å². The second-order valence-electron chi connectivity index (χ2n) is 4.17. The number of hydrogen-bond acceptors (Lipinski definition) is 4. The van der Waals surface area contributed by atoms with Gasteiger partial charge in [0.2, 0.25) is 0 Å². The molecule has 0 amide bonds. The summed E-state index contributed by atoms with van der Waals surface area (Å²) in [4.78, 5) is 4.38. The van der Waals surface area contributed by atoms with Crippen molar-refractivity contribution in [3.8, 4) is 11.5 Å². The fourth-order valence-electron chi connectivity index (χ4n) is 1.36. The van der Waals surface area contributed by atoms with Crippen molar-refractivity contribution in [1.29, 1.82) is 0 Å². The highest BCUT2D eigenvalue weighted by Crippen LogP contribution is 2.26. The average Bonchev–Trinajstić information content (AvgIpc) is 2.79. The van der Waals surface area contributed by atoms with Crippen LogP contribution in [-0.4, -0.2) is 10.1 Å². The van der Waals surface area contributed by atoms with Crippen molar-refractivity contribution in [1.82, 2.24) is 10.1 Å². The van der Waals surface area contributed by atoms with Gasteiger partial charge in [0, 0.05) is 3.57 Å². The maximum absolute atomic E-state index is 6.08. The Morgan fingerprint density at radius 1 is 1.41 bits per heavy atom. The number of aromatic nitrogens is 2. The van der Waals surface area contributed by atoms with Gasteiger partial charge in [-0.1, -0.05) is 24.2 Å². The highest BCUT2D eigenvalue weighted by atomic mass is 127. The van der Waals surface area contributed by atoms with Gasteiger partial charge in [-0.25, -0.2) is 0 Å². The molecule has 1 aromatic carbocycles. The van der Waals surface area contributed by atoms with Crippen LogP contribution in [0.2, 0.25) is 0 Å². The van der Waals surface area contributed by atoms with E-state index in [0.717, 1.165) is 15.6 Å². The summed E-state index contributed by atoms with van der Waals surface area (Å²) in [6, 6.07) is 7.88. The van der Waals surface area contributed by atoms with Crippen LogP contribution in [0.4, 0.5) is 0 Å². The summed E-state index contributed by atoms with van der Waals surface area (Å²) in [5.74, 6) is 1.07. The summed E-state index contributed by atoms with van der Waals surface area (Å²) in [6.45, 7) is 3.90. The molecule has 5 heteroatoms. The summed E-state index contributed by atoms with van der Waals surface area (Å²) in [5.41, 5.74) is 6.48. The van der Waals surface area contributed by atoms with E-state index in [0.29, 0.717) is 11.7 Å². The molecule has 2 N–H and O–H groups in total. The Morgan fingerprint density at radius 3 is 2.76 bits per heavy atom. The van der Waals surface area contributed by atoms with Crippen LogP contribution in [0.15, 0.2) is 28.8 Å². The lowest BCUT2D eigenvalue weighted by Gasteiger charge is -2.16. The van der Waals surface area contributed by atoms with Crippen molar-refractivity contribution in [2.45, 2.75) is 25.8 Å². The molecule has 1 aromatic heterocycles. The van der Waals surface area contributed by atoms with Gasteiger partial charge in [0.05, 0.1) is 11.1 Å². The lowest BCUT2D eigenvalue weighted by atomic mass is 10.0.